The first-order chi connectivity index (χ1) is 8.58. The van der Waals surface area contributed by atoms with E-state index < -0.39 is 5.97 Å². The smallest absolute Gasteiger partial charge is 0.335 e. The Balaban J connectivity index is 2.32. The van der Waals surface area contributed by atoms with Crippen LogP contribution in [-0.4, -0.2) is 27.2 Å². The van der Waals surface area contributed by atoms with Gasteiger partial charge in [0.25, 0.3) is 0 Å². The molecule has 0 spiro atoms. The Hall–Kier alpha value is -1.40. The van der Waals surface area contributed by atoms with Crippen molar-refractivity contribution in [1.82, 2.24) is 9.55 Å². The number of imidazole rings is 1. The predicted molar refractivity (Wildman–Crippen MR) is 68.8 cm³/mol. The van der Waals surface area contributed by atoms with Gasteiger partial charge < -0.3 is 14.4 Å². The van der Waals surface area contributed by atoms with Gasteiger partial charge in [-0.3, -0.25) is 0 Å². The van der Waals surface area contributed by atoms with Crippen molar-refractivity contribution in [1.29, 1.82) is 0 Å². The van der Waals surface area contributed by atoms with Crippen LogP contribution in [0.3, 0.4) is 0 Å². The lowest BCUT2D eigenvalue weighted by molar-refractivity contribution is 0.0621. The molecule has 1 aromatic heterocycles. The van der Waals surface area contributed by atoms with Crippen LogP contribution in [0, 0.1) is 0 Å². The number of halogens is 1. The molecule has 0 fully saturated rings. The fourth-order valence-electron chi connectivity index (χ4n) is 2.33. The van der Waals surface area contributed by atoms with Crippen LogP contribution in [0.25, 0.3) is 11.0 Å². The van der Waals surface area contributed by atoms with Crippen molar-refractivity contribution in [2.45, 2.75) is 19.6 Å². The summed E-state index contributed by atoms with van der Waals surface area (Å²) < 4.78 is 8.30. The van der Waals surface area contributed by atoms with Gasteiger partial charge in [0.2, 0.25) is 0 Å². The Morgan fingerprint density at radius 1 is 1.61 bits per heavy atom. The van der Waals surface area contributed by atoms with Gasteiger partial charge in [-0.1, -0.05) is 0 Å². The van der Waals surface area contributed by atoms with Crippen LogP contribution in [0.2, 0.25) is 0 Å². The highest BCUT2D eigenvalue weighted by Gasteiger charge is 2.23. The summed E-state index contributed by atoms with van der Waals surface area (Å²) in [6, 6.07) is 3.41. The number of benzene rings is 1. The van der Waals surface area contributed by atoms with Crippen molar-refractivity contribution >= 4 is 32.9 Å². The summed E-state index contributed by atoms with van der Waals surface area (Å²) in [5.74, 6) is -0.111. The Labute approximate surface area is 112 Å². The van der Waals surface area contributed by atoms with E-state index in [1.807, 2.05) is 0 Å². The number of aromatic nitrogens is 2. The lowest BCUT2D eigenvalue weighted by Crippen LogP contribution is -2.21. The molecule has 94 valence electrons. The molecular formula is C12H11BrN2O3. The third-order valence-electron chi connectivity index (χ3n) is 3.09. The van der Waals surface area contributed by atoms with Crippen molar-refractivity contribution in [3.63, 3.8) is 0 Å². The SMILES string of the molecule is C[C@@H]1COCc2nc3cc(C(=O)O)cc(Br)c3n21. The molecule has 1 aromatic carbocycles. The first-order valence-electron chi connectivity index (χ1n) is 5.59. The van der Waals surface area contributed by atoms with Gasteiger partial charge in [-0.05, 0) is 35.0 Å². The number of hydrogen-bond acceptors (Lipinski definition) is 3. The van der Waals surface area contributed by atoms with Gasteiger partial charge >= 0.3 is 5.97 Å². The molecule has 0 saturated carbocycles. The molecule has 2 heterocycles. The van der Waals surface area contributed by atoms with E-state index in [0.29, 0.717) is 18.7 Å². The average molecular weight is 311 g/mol. The van der Waals surface area contributed by atoms with Crippen LogP contribution >= 0.6 is 15.9 Å². The molecule has 0 saturated heterocycles. The van der Waals surface area contributed by atoms with E-state index in [1.54, 1.807) is 12.1 Å². The van der Waals surface area contributed by atoms with Gasteiger partial charge in [-0.25, -0.2) is 9.78 Å². The number of aromatic carboxylic acids is 1. The maximum absolute atomic E-state index is 11.0. The number of carbonyl (C=O) groups is 1. The second-order valence-electron chi connectivity index (χ2n) is 4.39. The first-order valence-corrected chi connectivity index (χ1v) is 6.38. The minimum Gasteiger partial charge on any atom is -0.478 e. The van der Waals surface area contributed by atoms with E-state index >= 15 is 0 Å². The second kappa shape index (κ2) is 4.07. The Bertz CT molecular complexity index is 650. The fourth-order valence-corrected chi connectivity index (χ4v) is 2.97. The summed E-state index contributed by atoms with van der Waals surface area (Å²) in [5.41, 5.74) is 1.86. The van der Waals surface area contributed by atoms with Crippen LogP contribution in [0.4, 0.5) is 0 Å². The van der Waals surface area contributed by atoms with Gasteiger partial charge in [0.15, 0.2) is 0 Å². The standard InChI is InChI=1S/C12H11BrN2O3/c1-6-4-18-5-10-14-9-3-7(12(16)17)2-8(13)11(9)15(6)10/h2-3,6H,4-5H2,1H3,(H,16,17)/t6-/m1/s1. The maximum atomic E-state index is 11.0. The molecule has 1 aliphatic heterocycles. The van der Waals surface area contributed by atoms with Crippen molar-refractivity contribution in [2.24, 2.45) is 0 Å². The maximum Gasteiger partial charge on any atom is 0.335 e. The number of hydrogen-bond donors (Lipinski definition) is 1. The molecule has 3 rings (SSSR count). The minimum absolute atomic E-state index is 0.200. The molecule has 0 amide bonds. The molecule has 1 aliphatic rings. The number of carboxylic acid groups (broad SMARTS) is 1. The second-order valence-corrected chi connectivity index (χ2v) is 5.25. The number of carboxylic acids is 1. The molecule has 18 heavy (non-hydrogen) atoms. The molecule has 6 heteroatoms. The average Bonchev–Trinajstić information content (AvgIpc) is 2.68. The summed E-state index contributed by atoms with van der Waals surface area (Å²) in [4.78, 5) is 15.5. The predicted octanol–water partition coefficient (Wildman–Crippen LogP) is 2.59. The number of rotatable bonds is 1. The van der Waals surface area contributed by atoms with E-state index in [2.05, 4.69) is 32.4 Å². The summed E-state index contributed by atoms with van der Waals surface area (Å²) >= 11 is 3.44. The van der Waals surface area contributed by atoms with Crippen LogP contribution in [0.5, 0.6) is 0 Å². The van der Waals surface area contributed by atoms with Crippen LogP contribution in [0.1, 0.15) is 29.1 Å². The highest BCUT2D eigenvalue weighted by atomic mass is 79.9. The van der Waals surface area contributed by atoms with Crippen LogP contribution < -0.4 is 0 Å². The summed E-state index contributed by atoms with van der Waals surface area (Å²) in [6.07, 6.45) is 0. The summed E-state index contributed by atoms with van der Waals surface area (Å²) in [5, 5.41) is 9.04. The lowest BCUT2D eigenvalue weighted by atomic mass is 10.2. The van der Waals surface area contributed by atoms with Crippen molar-refractivity contribution in [3.05, 3.63) is 28.0 Å². The van der Waals surface area contributed by atoms with Gasteiger partial charge in [0.05, 0.1) is 29.2 Å². The monoisotopic (exact) mass is 310 g/mol. The molecule has 0 aliphatic carbocycles. The highest BCUT2D eigenvalue weighted by molar-refractivity contribution is 9.10. The molecule has 2 aromatic rings. The Kier molecular flexibility index (Phi) is 2.64. The zero-order chi connectivity index (χ0) is 12.9. The van der Waals surface area contributed by atoms with E-state index in [1.165, 1.54) is 0 Å². The quantitative estimate of drug-likeness (QED) is 0.879. The largest absolute Gasteiger partial charge is 0.478 e. The third-order valence-corrected chi connectivity index (χ3v) is 3.69. The minimum atomic E-state index is -0.951. The fraction of sp³-hybridized carbons (Fsp3) is 0.333. The highest BCUT2D eigenvalue weighted by Crippen LogP contribution is 2.31. The Morgan fingerprint density at radius 2 is 2.39 bits per heavy atom. The van der Waals surface area contributed by atoms with Gasteiger partial charge in [-0.2, -0.15) is 0 Å². The van der Waals surface area contributed by atoms with Gasteiger partial charge in [-0.15, -0.1) is 0 Å². The topological polar surface area (TPSA) is 64.3 Å². The lowest BCUT2D eigenvalue weighted by Gasteiger charge is -2.22. The molecule has 0 bridgehead atoms. The normalized spacial score (nSPS) is 18.9. The molecule has 0 radical (unpaired) electrons. The van der Waals surface area contributed by atoms with Crippen molar-refractivity contribution in [3.8, 4) is 0 Å². The zero-order valence-corrected chi connectivity index (χ0v) is 11.3. The molecule has 0 unspecified atom stereocenters. The Morgan fingerprint density at radius 3 is 3.11 bits per heavy atom. The zero-order valence-electron chi connectivity index (χ0n) is 9.68. The molecular weight excluding hydrogens is 300 g/mol. The molecule has 1 N–H and O–H groups in total. The van der Waals surface area contributed by atoms with Crippen molar-refractivity contribution in [2.75, 3.05) is 6.61 Å². The van der Waals surface area contributed by atoms with Gasteiger partial charge in [0, 0.05) is 4.47 Å². The summed E-state index contributed by atoms with van der Waals surface area (Å²) in [7, 11) is 0. The number of nitrogens with zero attached hydrogens (tertiary/aromatic N) is 2. The first kappa shape index (κ1) is 11.7. The molecule has 5 nitrogen and oxygen atoms in total. The third kappa shape index (κ3) is 1.64. The van der Waals surface area contributed by atoms with Crippen LogP contribution in [-0.2, 0) is 11.3 Å². The van der Waals surface area contributed by atoms with E-state index in [0.717, 1.165) is 15.8 Å². The summed E-state index contributed by atoms with van der Waals surface area (Å²) in [6.45, 7) is 3.17. The van der Waals surface area contributed by atoms with E-state index in [-0.39, 0.29) is 11.6 Å². The van der Waals surface area contributed by atoms with Gasteiger partial charge in [0.1, 0.15) is 12.4 Å². The van der Waals surface area contributed by atoms with E-state index in [9.17, 15) is 4.79 Å². The van der Waals surface area contributed by atoms with Crippen LogP contribution in [0.15, 0.2) is 16.6 Å². The van der Waals surface area contributed by atoms with E-state index in [4.69, 9.17) is 9.84 Å². The molecule has 1 atom stereocenters. The number of fused-ring (bicyclic) bond motifs is 3. The van der Waals surface area contributed by atoms with Crippen molar-refractivity contribution < 1.29 is 14.6 Å². The number of ether oxygens (including phenoxy) is 1.